The molecule has 0 aromatic heterocycles. The molecule has 0 amide bonds. The molecule has 22 heavy (non-hydrogen) atoms. The van der Waals surface area contributed by atoms with E-state index in [-0.39, 0.29) is 18.5 Å². The van der Waals surface area contributed by atoms with Crippen molar-refractivity contribution in [3.8, 4) is 0 Å². The van der Waals surface area contributed by atoms with Crippen molar-refractivity contribution >= 4 is 0 Å². The Bertz CT molecular complexity index is 370. The van der Waals surface area contributed by atoms with Gasteiger partial charge < -0.3 is 14.2 Å². The molecular weight excluding hydrogens is 276 g/mol. The second-order valence-electron chi connectivity index (χ2n) is 7.87. The molecule has 2 fully saturated rings. The Hall–Kier alpha value is -0.120. The predicted octanol–water partition coefficient (Wildman–Crippen LogP) is 4.84. The Balaban J connectivity index is 2.12. The fourth-order valence-electron chi connectivity index (χ4n) is 4.22. The molecule has 0 N–H and O–H groups in total. The molecule has 3 heteroatoms. The molecule has 0 radical (unpaired) electrons. The lowest BCUT2D eigenvalue weighted by Crippen LogP contribution is -2.50. The van der Waals surface area contributed by atoms with Crippen molar-refractivity contribution in [3.63, 3.8) is 0 Å². The standard InChI is InChI=1S/C19H36O3/c1-9-16-12(4)11(3)13(5)18(20-16)22-19(8)15(7)14(6)17(10-2)21-19/h11-18H,9-10H2,1-8H3. The molecule has 9 atom stereocenters. The van der Waals surface area contributed by atoms with Crippen molar-refractivity contribution in [3.05, 3.63) is 0 Å². The van der Waals surface area contributed by atoms with Crippen LogP contribution in [0.15, 0.2) is 0 Å². The average molecular weight is 312 g/mol. The second kappa shape index (κ2) is 6.78. The lowest BCUT2D eigenvalue weighted by atomic mass is 9.78. The van der Waals surface area contributed by atoms with Crippen LogP contribution in [0.1, 0.15) is 68.2 Å². The maximum absolute atomic E-state index is 6.47. The van der Waals surface area contributed by atoms with Gasteiger partial charge >= 0.3 is 0 Å². The number of rotatable bonds is 4. The third kappa shape index (κ3) is 3.09. The number of ether oxygens (including phenoxy) is 3. The van der Waals surface area contributed by atoms with Gasteiger partial charge in [0.2, 0.25) is 0 Å². The SMILES string of the molecule is CCC1OC(OC2(C)OC(CC)C(C)C2C)C(C)C(C)C1C. The normalized spacial score (nSPS) is 52.9. The lowest BCUT2D eigenvalue weighted by Gasteiger charge is -2.46. The first-order valence-electron chi connectivity index (χ1n) is 9.26. The highest BCUT2D eigenvalue weighted by atomic mass is 16.8. The van der Waals surface area contributed by atoms with Gasteiger partial charge in [0, 0.05) is 11.8 Å². The summed E-state index contributed by atoms with van der Waals surface area (Å²) in [5.41, 5.74) is 0. The molecular formula is C19H36O3. The van der Waals surface area contributed by atoms with Gasteiger partial charge in [-0.3, -0.25) is 0 Å². The predicted molar refractivity (Wildman–Crippen MR) is 89.4 cm³/mol. The maximum atomic E-state index is 6.47. The summed E-state index contributed by atoms with van der Waals surface area (Å²) in [6.45, 7) is 17.9. The van der Waals surface area contributed by atoms with Crippen molar-refractivity contribution in [2.45, 2.75) is 92.5 Å². The van der Waals surface area contributed by atoms with E-state index < -0.39 is 5.79 Å². The summed E-state index contributed by atoms with van der Waals surface area (Å²) in [5.74, 6) is 1.94. The Labute approximate surface area is 137 Å². The van der Waals surface area contributed by atoms with Crippen LogP contribution in [0.3, 0.4) is 0 Å². The second-order valence-corrected chi connectivity index (χ2v) is 7.87. The molecule has 2 aliphatic heterocycles. The van der Waals surface area contributed by atoms with Gasteiger partial charge in [-0.15, -0.1) is 0 Å². The van der Waals surface area contributed by atoms with Gasteiger partial charge in [0.1, 0.15) is 0 Å². The van der Waals surface area contributed by atoms with Crippen LogP contribution in [0.4, 0.5) is 0 Å². The first-order chi connectivity index (χ1) is 10.2. The van der Waals surface area contributed by atoms with E-state index in [0.717, 1.165) is 12.8 Å². The minimum absolute atomic E-state index is 0.161. The molecule has 2 rings (SSSR count). The van der Waals surface area contributed by atoms with Gasteiger partial charge in [-0.2, -0.15) is 0 Å². The van der Waals surface area contributed by atoms with E-state index in [9.17, 15) is 0 Å². The molecule has 0 saturated carbocycles. The van der Waals surface area contributed by atoms with Gasteiger partial charge in [0.05, 0.1) is 12.2 Å². The topological polar surface area (TPSA) is 27.7 Å². The van der Waals surface area contributed by atoms with E-state index in [1.807, 2.05) is 0 Å². The third-order valence-electron chi connectivity index (χ3n) is 6.73. The van der Waals surface area contributed by atoms with Crippen LogP contribution in [0.25, 0.3) is 0 Å². The molecule has 2 aliphatic rings. The van der Waals surface area contributed by atoms with Crippen LogP contribution in [-0.2, 0) is 14.2 Å². The van der Waals surface area contributed by atoms with Crippen LogP contribution in [0, 0.1) is 29.6 Å². The first kappa shape index (κ1) is 18.2. The van der Waals surface area contributed by atoms with Crippen LogP contribution in [-0.4, -0.2) is 24.3 Å². The first-order valence-corrected chi connectivity index (χ1v) is 9.26. The Kier molecular flexibility index (Phi) is 5.62. The summed E-state index contributed by atoms with van der Waals surface area (Å²) in [4.78, 5) is 0. The van der Waals surface area contributed by atoms with Gasteiger partial charge in [-0.25, -0.2) is 0 Å². The van der Waals surface area contributed by atoms with E-state index in [0.29, 0.717) is 29.6 Å². The minimum Gasteiger partial charge on any atom is -0.349 e. The summed E-state index contributed by atoms with van der Waals surface area (Å²) >= 11 is 0. The molecule has 2 saturated heterocycles. The van der Waals surface area contributed by atoms with Gasteiger partial charge in [-0.05, 0) is 37.5 Å². The van der Waals surface area contributed by atoms with Crippen LogP contribution in [0.2, 0.25) is 0 Å². The summed E-state index contributed by atoms with van der Waals surface area (Å²) in [5, 5.41) is 0. The summed E-state index contributed by atoms with van der Waals surface area (Å²) in [6, 6.07) is 0. The smallest absolute Gasteiger partial charge is 0.171 e. The molecule has 0 bridgehead atoms. The molecule has 0 aromatic rings. The van der Waals surface area contributed by atoms with Gasteiger partial charge in [0.25, 0.3) is 0 Å². The number of hydrogen-bond acceptors (Lipinski definition) is 3. The molecule has 0 aliphatic carbocycles. The summed E-state index contributed by atoms with van der Waals surface area (Å²) < 4.78 is 19.1. The largest absolute Gasteiger partial charge is 0.349 e. The van der Waals surface area contributed by atoms with Crippen molar-refractivity contribution in [2.75, 3.05) is 0 Å². The van der Waals surface area contributed by atoms with E-state index in [2.05, 4.69) is 55.4 Å². The quantitative estimate of drug-likeness (QED) is 0.743. The van der Waals surface area contributed by atoms with Crippen LogP contribution < -0.4 is 0 Å². The molecule has 0 spiro atoms. The van der Waals surface area contributed by atoms with Crippen molar-refractivity contribution in [1.82, 2.24) is 0 Å². The van der Waals surface area contributed by atoms with Gasteiger partial charge in [0.15, 0.2) is 12.1 Å². The fraction of sp³-hybridized carbons (Fsp3) is 1.00. The van der Waals surface area contributed by atoms with Crippen LogP contribution >= 0.6 is 0 Å². The Morgan fingerprint density at radius 3 is 1.91 bits per heavy atom. The van der Waals surface area contributed by atoms with E-state index in [4.69, 9.17) is 14.2 Å². The molecule has 0 aromatic carbocycles. The minimum atomic E-state index is -0.530. The van der Waals surface area contributed by atoms with Crippen molar-refractivity contribution in [2.24, 2.45) is 29.6 Å². The monoisotopic (exact) mass is 312 g/mol. The van der Waals surface area contributed by atoms with Crippen LogP contribution in [0.5, 0.6) is 0 Å². The Morgan fingerprint density at radius 1 is 0.818 bits per heavy atom. The maximum Gasteiger partial charge on any atom is 0.171 e. The number of hydrogen-bond donors (Lipinski definition) is 0. The fourth-order valence-corrected chi connectivity index (χ4v) is 4.22. The molecule has 3 nitrogen and oxygen atoms in total. The highest BCUT2D eigenvalue weighted by molar-refractivity contribution is 4.90. The lowest BCUT2D eigenvalue weighted by molar-refractivity contribution is -0.346. The van der Waals surface area contributed by atoms with Gasteiger partial charge in [-0.1, -0.05) is 48.5 Å². The van der Waals surface area contributed by atoms with Crippen molar-refractivity contribution in [1.29, 1.82) is 0 Å². The zero-order chi connectivity index (χ0) is 16.7. The molecule has 130 valence electrons. The van der Waals surface area contributed by atoms with E-state index >= 15 is 0 Å². The van der Waals surface area contributed by atoms with E-state index in [1.54, 1.807) is 0 Å². The summed E-state index contributed by atoms with van der Waals surface area (Å²) in [6.07, 6.45) is 2.50. The highest BCUT2D eigenvalue weighted by Gasteiger charge is 2.51. The summed E-state index contributed by atoms with van der Waals surface area (Å²) in [7, 11) is 0. The Morgan fingerprint density at radius 2 is 1.41 bits per heavy atom. The van der Waals surface area contributed by atoms with E-state index in [1.165, 1.54) is 0 Å². The highest BCUT2D eigenvalue weighted by Crippen LogP contribution is 2.45. The molecule has 9 unspecified atom stereocenters. The van der Waals surface area contributed by atoms with Crippen molar-refractivity contribution < 1.29 is 14.2 Å². The third-order valence-corrected chi connectivity index (χ3v) is 6.73. The average Bonchev–Trinajstić information content (AvgIpc) is 2.72. The molecule has 2 heterocycles. The zero-order valence-electron chi connectivity index (χ0n) is 15.8. The zero-order valence-corrected chi connectivity index (χ0v) is 15.8.